The Balaban J connectivity index is 1.19. The minimum absolute atomic E-state index is 1.09. The normalized spacial score (nSPS) is 11.3. The molecule has 0 radical (unpaired) electrons. The van der Waals surface area contributed by atoms with E-state index in [1.165, 1.54) is 66.0 Å². The maximum absolute atomic E-state index is 2.42. The molecule has 254 valence electrons. The first-order chi connectivity index (χ1) is 26.8. The van der Waals surface area contributed by atoms with Crippen LogP contribution in [-0.2, 0) is 0 Å². The average molecular weight is 689 g/mol. The SMILES string of the molecule is c1ccc(-c2ccc(N(c3cccc(-c4cccc5c4c4cc6ccccc6cc4n5-c4ccccc4)c3)c3ccccc3-c3ccccc3)cc2)cc1. The highest BCUT2D eigenvalue weighted by atomic mass is 15.1. The fourth-order valence-corrected chi connectivity index (χ4v) is 8.05. The molecule has 0 N–H and O–H groups in total. The summed E-state index contributed by atoms with van der Waals surface area (Å²) in [5.74, 6) is 0. The third-order valence-corrected chi connectivity index (χ3v) is 10.5. The van der Waals surface area contributed by atoms with Crippen molar-refractivity contribution >= 4 is 49.6 Å². The van der Waals surface area contributed by atoms with Gasteiger partial charge in [-0.2, -0.15) is 0 Å². The zero-order valence-electron chi connectivity index (χ0n) is 29.7. The van der Waals surface area contributed by atoms with Crippen molar-refractivity contribution in [2.75, 3.05) is 4.90 Å². The lowest BCUT2D eigenvalue weighted by Crippen LogP contribution is -2.11. The van der Waals surface area contributed by atoms with Crippen LogP contribution in [0, 0.1) is 0 Å². The summed E-state index contributed by atoms with van der Waals surface area (Å²) in [6.45, 7) is 0. The molecule has 0 aliphatic carbocycles. The van der Waals surface area contributed by atoms with Gasteiger partial charge in [-0.1, -0.05) is 158 Å². The van der Waals surface area contributed by atoms with Crippen molar-refractivity contribution in [2.24, 2.45) is 0 Å². The fourth-order valence-electron chi connectivity index (χ4n) is 8.05. The second-order valence-corrected chi connectivity index (χ2v) is 13.8. The Hall–Kier alpha value is -7.16. The molecule has 9 aromatic carbocycles. The van der Waals surface area contributed by atoms with E-state index in [-0.39, 0.29) is 0 Å². The molecule has 0 saturated carbocycles. The molecule has 1 aromatic heterocycles. The monoisotopic (exact) mass is 688 g/mol. The highest BCUT2D eigenvalue weighted by Crippen LogP contribution is 2.44. The quantitative estimate of drug-likeness (QED) is 0.162. The molecule has 0 aliphatic rings. The number of nitrogens with zero attached hydrogens (tertiary/aromatic N) is 2. The lowest BCUT2D eigenvalue weighted by Gasteiger charge is -2.28. The molecule has 0 atom stereocenters. The molecule has 0 bridgehead atoms. The minimum Gasteiger partial charge on any atom is -0.310 e. The van der Waals surface area contributed by atoms with Gasteiger partial charge in [-0.25, -0.2) is 0 Å². The van der Waals surface area contributed by atoms with Gasteiger partial charge < -0.3 is 9.47 Å². The van der Waals surface area contributed by atoms with Crippen LogP contribution >= 0.6 is 0 Å². The van der Waals surface area contributed by atoms with Crippen LogP contribution < -0.4 is 4.90 Å². The van der Waals surface area contributed by atoms with E-state index in [9.17, 15) is 0 Å². The first kappa shape index (κ1) is 31.6. The van der Waals surface area contributed by atoms with Crippen molar-refractivity contribution < 1.29 is 0 Å². The lowest BCUT2D eigenvalue weighted by molar-refractivity contribution is 1.18. The summed E-state index contributed by atoms with van der Waals surface area (Å²) in [6.07, 6.45) is 0. The maximum Gasteiger partial charge on any atom is 0.0547 e. The van der Waals surface area contributed by atoms with Crippen LogP contribution in [0.1, 0.15) is 0 Å². The molecule has 0 spiro atoms. The van der Waals surface area contributed by atoms with Gasteiger partial charge in [0.15, 0.2) is 0 Å². The third-order valence-electron chi connectivity index (χ3n) is 10.5. The molecule has 2 heteroatoms. The predicted molar refractivity (Wildman–Crippen MR) is 229 cm³/mol. The first-order valence-corrected chi connectivity index (χ1v) is 18.5. The second kappa shape index (κ2) is 13.4. The van der Waals surface area contributed by atoms with E-state index in [4.69, 9.17) is 0 Å². The summed E-state index contributed by atoms with van der Waals surface area (Å²) in [6, 6.07) is 78.9. The van der Waals surface area contributed by atoms with Crippen LogP contribution in [0.3, 0.4) is 0 Å². The van der Waals surface area contributed by atoms with E-state index in [0.717, 1.165) is 22.7 Å². The summed E-state index contributed by atoms with van der Waals surface area (Å²) >= 11 is 0. The largest absolute Gasteiger partial charge is 0.310 e. The van der Waals surface area contributed by atoms with Gasteiger partial charge in [0.1, 0.15) is 0 Å². The van der Waals surface area contributed by atoms with Crippen LogP contribution in [0.25, 0.3) is 71.6 Å². The van der Waals surface area contributed by atoms with Gasteiger partial charge in [0, 0.05) is 33.4 Å². The van der Waals surface area contributed by atoms with Gasteiger partial charge in [-0.15, -0.1) is 0 Å². The van der Waals surface area contributed by atoms with Gasteiger partial charge in [0.05, 0.1) is 16.7 Å². The summed E-state index contributed by atoms with van der Waals surface area (Å²) < 4.78 is 2.42. The molecule has 0 fully saturated rings. The summed E-state index contributed by atoms with van der Waals surface area (Å²) in [5.41, 5.74) is 14.0. The van der Waals surface area contributed by atoms with Gasteiger partial charge >= 0.3 is 0 Å². The Kier molecular flexibility index (Phi) is 7.85. The third kappa shape index (κ3) is 5.53. The van der Waals surface area contributed by atoms with Gasteiger partial charge in [-0.05, 0) is 99.3 Å². The van der Waals surface area contributed by atoms with E-state index in [0.29, 0.717) is 0 Å². The van der Waals surface area contributed by atoms with E-state index >= 15 is 0 Å². The number of rotatable bonds is 7. The number of hydrogen-bond acceptors (Lipinski definition) is 1. The molecular formula is C52H36N2. The zero-order chi connectivity index (χ0) is 35.8. The lowest BCUT2D eigenvalue weighted by atomic mass is 9.97. The minimum atomic E-state index is 1.09. The molecular weight excluding hydrogens is 653 g/mol. The molecule has 2 nitrogen and oxygen atoms in total. The van der Waals surface area contributed by atoms with Gasteiger partial charge in [0.25, 0.3) is 0 Å². The predicted octanol–water partition coefficient (Wildman–Crippen LogP) is 14.4. The van der Waals surface area contributed by atoms with Crippen molar-refractivity contribution in [1.82, 2.24) is 4.57 Å². The molecule has 10 rings (SSSR count). The van der Waals surface area contributed by atoms with Crippen molar-refractivity contribution in [3.8, 4) is 39.1 Å². The first-order valence-electron chi connectivity index (χ1n) is 18.5. The second-order valence-electron chi connectivity index (χ2n) is 13.8. The molecule has 54 heavy (non-hydrogen) atoms. The van der Waals surface area contributed by atoms with E-state index < -0.39 is 0 Å². The number of hydrogen-bond donors (Lipinski definition) is 0. The van der Waals surface area contributed by atoms with Crippen molar-refractivity contribution in [3.05, 3.63) is 218 Å². The number of fused-ring (bicyclic) bond motifs is 4. The fraction of sp³-hybridized carbons (Fsp3) is 0. The Morgan fingerprint density at radius 3 is 1.67 bits per heavy atom. The molecule has 1 heterocycles. The number of benzene rings is 9. The Bertz CT molecular complexity index is 2910. The summed E-state index contributed by atoms with van der Waals surface area (Å²) in [4.78, 5) is 2.40. The van der Waals surface area contributed by atoms with Crippen LogP contribution in [-0.4, -0.2) is 4.57 Å². The van der Waals surface area contributed by atoms with Crippen LogP contribution in [0.5, 0.6) is 0 Å². The highest BCUT2D eigenvalue weighted by Gasteiger charge is 2.20. The van der Waals surface area contributed by atoms with Crippen molar-refractivity contribution in [1.29, 1.82) is 0 Å². The highest BCUT2D eigenvalue weighted by molar-refractivity contribution is 6.18. The Morgan fingerprint density at radius 2 is 0.907 bits per heavy atom. The maximum atomic E-state index is 2.42. The standard InChI is InChI=1S/C52H36N2/c1-4-16-37(17-5-1)38-30-32-44(33-31-38)53(49-28-13-12-26-46(49)39-18-6-2-7-19-39)45-25-14-22-42(34-45)47-27-15-29-50-52(47)48-35-40-20-10-11-21-41(40)36-51(48)54(50)43-23-8-3-9-24-43/h1-36H. The van der Waals surface area contributed by atoms with E-state index in [1.54, 1.807) is 0 Å². The van der Waals surface area contributed by atoms with Crippen LogP contribution in [0.15, 0.2) is 218 Å². The number of aromatic nitrogens is 1. The zero-order valence-corrected chi connectivity index (χ0v) is 29.7. The van der Waals surface area contributed by atoms with Crippen molar-refractivity contribution in [2.45, 2.75) is 0 Å². The van der Waals surface area contributed by atoms with E-state index in [2.05, 4.69) is 228 Å². The Morgan fingerprint density at radius 1 is 0.333 bits per heavy atom. The van der Waals surface area contributed by atoms with Gasteiger partial charge in [-0.3, -0.25) is 0 Å². The number of para-hydroxylation sites is 2. The van der Waals surface area contributed by atoms with Crippen LogP contribution in [0.2, 0.25) is 0 Å². The van der Waals surface area contributed by atoms with Crippen LogP contribution in [0.4, 0.5) is 17.1 Å². The number of anilines is 3. The smallest absolute Gasteiger partial charge is 0.0547 e. The molecule has 0 saturated heterocycles. The molecule has 0 amide bonds. The van der Waals surface area contributed by atoms with Crippen molar-refractivity contribution in [3.63, 3.8) is 0 Å². The summed E-state index contributed by atoms with van der Waals surface area (Å²) in [7, 11) is 0. The average Bonchev–Trinajstić information content (AvgIpc) is 3.57. The molecule has 10 aromatic rings. The van der Waals surface area contributed by atoms with Gasteiger partial charge in [0.2, 0.25) is 0 Å². The van der Waals surface area contributed by atoms with E-state index in [1.807, 2.05) is 0 Å². The molecule has 0 unspecified atom stereocenters. The Labute approximate surface area is 315 Å². The molecule has 0 aliphatic heterocycles. The summed E-state index contributed by atoms with van der Waals surface area (Å²) in [5, 5.41) is 4.97. The topological polar surface area (TPSA) is 8.17 Å².